The summed E-state index contributed by atoms with van der Waals surface area (Å²) in [5.41, 5.74) is -1.58. The fraction of sp³-hybridized carbons (Fsp3) is 0.737. The van der Waals surface area contributed by atoms with Crippen molar-refractivity contribution in [2.24, 2.45) is 11.3 Å². The van der Waals surface area contributed by atoms with E-state index in [2.05, 4.69) is 0 Å². The van der Waals surface area contributed by atoms with Crippen LogP contribution in [0.1, 0.15) is 53.4 Å². The first-order valence-corrected chi connectivity index (χ1v) is 8.86. The van der Waals surface area contributed by atoms with Gasteiger partial charge in [0.2, 0.25) is 11.5 Å². The summed E-state index contributed by atoms with van der Waals surface area (Å²) in [6, 6.07) is 0. The van der Waals surface area contributed by atoms with E-state index in [0.29, 0.717) is 12.8 Å². The summed E-state index contributed by atoms with van der Waals surface area (Å²) in [6.07, 6.45) is 4.43. The Morgan fingerprint density at radius 1 is 1.21 bits per heavy atom. The Bertz CT molecular complexity index is 603. The third kappa shape index (κ3) is 2.06. The van der Waals surface area contributed by atoms with Crippen molar-refractivity contribution in [3.05, 3.63) is 23.4 Å². The highest BCUT2D eigenvalue weighted by atomic mass is 16.5. The van der Waals surface area contributed by atoms with Crippen LogP contribution in [0.15, 0.2) is 23.4 Å². The van der Waals surface area contributed by atoms with Gasteiger partial charge in [-0.2, -0.15) is 0 Å². The summed E-state index contributed by atoms with van der Waals surface area (Å²) in [4.78, 5) is 13.4. The third-order valence-corrected chi connectivity index (χ3v) is 5.51. The van der Waals surface area contributed by atoms with Gasteiger partial charge in [-0.15, -0.1) is 0 Å². The lowest BCUT2D eigenvalue weighted by Gasteiger charge is -2.36. The van der Waals surface area contributed by atoms with Crippen LogP contribution >= 0.6 is 0 Å². The topological polar surface area (TPSA) is 65.0 Å². The van der Waals surface area contributed by atoms with E-state index in [1.165, 1.54) is 0 Å². The van der Waals surface area contributed by atoms with Gasteiger partial charge >= 0.3 is 0 Å². The summed E-state index contributed by atoms with van der Waals surface area (Å²) in [5, 5.41) is 11.8. The van der Waals surface area contributed by atoms with Crippen molar-refractivity contribution < 1.29 is 24.1 Å². The molecule has 0 amide bonds. The van der Waals surface area contributed by atoms with Crippen LogP contribution in [0.4, 0.5) is 0 Å². The lowest BCUT2D eigenvalue weighted by atomic mass is 9.70. The highest BCUT2D eigenvalue weighted by molar-refractivity contribution is 6.05. The van der Waals surface area contributed by atoms with E-state index < -0.39 is 11.0 Å². The van der Waals surface area contributed by atoms with Crippen molar-refractivity contribution in [2.45, 2.75) is 71.2 Å². The molecule has 3 aliphatic rings. The number of methoxy groups -OCH3 is 1. The molecular formula is C19H28O5. The lowest BCUT2D eigenvalue weighted by molar-refractivity contribution is -0.137. The van der Waals surface area contributed by atoms with Crippen LogP contribution in [-0.2, 0) is 19.0 Å². The number of allylic oxidation sites excluding steroid dienone is 1. The second kappa shape index (κ2) is 5.80. The Morgan fingerprint density at radius 2 is 1.88 bits per heavy atom. The number of carbonyl (C=O) groups is 1. The molecule has 3 atom stereocenters. The van der Waals surface area contributed by atoms with Gasteiger partial charge in [0.05, 0.1) is 31.0 Å². The normalized spacial score (nSPS) is 36.8. The minimum atomic E-state index is -1.45. The molecule has 0 aromatic rings. The van der Waals surface area contributed by atoms with Crippen molar-refractivity contribution in [1.29, 1.82) is 0 Å². The number of aliphatic hydroxyl groups is 1. The highest BCUT2D eigenvalue weighted by Crippen LogP contribution is 2.68. The molecule has 0 bridgehead atoms. The van der Waals surface area contributed by atoms with Gasteiger partial charge in [0.1, 0.15) is 0 Å². The smallest absolute Gasteiger partial charge is 0.211 e. The average Bonchev–Trinajstić information content (AvgIpc) is 3.05. The van der Waals surface area contributed by atoms with E-state index in [0.717, 1.165) is 18.4 Å². The molecule has 0 aromatic heterocycles. The maximum Gasteiger partial charge on any atom is 0.211 e. The second-order valence-corrected chi connectivity index (χ2v) is 7.67. The Hall–Kier alpha value is -1.49. The van der Waals surface area contributed by atoms with Crippen LogP contribution in [0.5, 0.6) is 0 Å². The van der Waals surface area contributed by atoms with E-state index in [9.17, 15) is 9.90 Å². The zero-order valence-electron chi connectivity index (χ0n) is 15.2. The van der Waals surface area contributed by atoms with E-state index in [1.807, 2.05) is 27.7 Å². The van der Waals surface area contributed by atoms with Crippen LogP contribution in [0.3, 0.4) is 0 Å². The number of rotatable bonds is 5. The SMILES string of the molecule is CO/C=C1\C[C@H]2CCC[C@]23C(=O)C(OC(C)C)=C(OC(C)C)[C@]13O. The van der Waals surface area contributed by atoms with Gasteiger partial charge in [0.15, 0.2) is 11.4 Å². The van der Waals surface area contributed by atoms with E-state index in [1.54, 1.807) is 13.4 Å². The minimum Gasteiger partial charge on any atom is -0.504 e. The molecule has 0 aliphatic heterocycles. The third-order valence-electron chi connectivity index (χ3n) is 5.51. The summed E-state index contributed by atoms with van der Waals surface area (Å²) >= 11 is 0. The van der Waals surface area contributed by atoms with E-state index >= 15 is 0 Å². The predicted octanol–water partition coefficient (Wildman–Crippen LogP) is 3.08. The maximum atomic E-state index is 13.4. The number of carbonyl (C=O) groups excluding carboxylic acids is 1. The number of hydrogen-bond acceptors (Lipinski definition) is 5. The Kier molecular flexibility index (Phi) is 4.19. The first-order valence-electron chi connectivity index (χ1n) is 8.86. The highest BCUT2D eigenvalue weighted by Gasteiger charge is 2.75. The molecule has 3 aliphatic carbocycles. The molecule has 0 saturated heterocycles. The molecule has 5 heteroatoms. The second-order valence-electron chi connectivity index (χ2n) is 7.67. The number of ether oxygens (including phenoxy) is 3. The van der Waals surface area contributed by atoms with Gasteiger partial charge in [0, 0.05) is 5.57 Å². The number of hydrogen-bond donors (Lipinski definition) is 1. The zero-order chi connectivity index (χ0) is 17.7. The summed E-state index contributed by atoms with van der Waals surface area (Å²) in [5.74, 6) is 0.491. The van der Waals surface area contributed by atoms with Crippen molar-refractivity contribution in [3.63, 3.8) is 0 Å². The maximum absolute atomic E-state index is 13.4. The van der Waals surface area contributed by atoms with Crippen LogP contribution in [-0.4, -0.2) is 35.8 Å². The first-order chi connectivity index (χ1) is 11.3. The molecule has 2 fully saturated rings. The molecule has 0 unspecified atom stereocenters. The fourth-order valence-corrected chi connectivity index (χ4v) is 4.80. The monoisotopic (exact) mass is 336 g/mol. The van der Waals surface area contributed by atoms with E-state index in [-0.39, 0.29) is 35.4 Å². The molecule has 2 saturated carbocycles. The van der Waals surface area contributed by atoms with Gasteiger partial charge < -0.3 is 19.3 Å². The van der Waals surface area contributed by atoms with E-state index in [4.69, 9.17) is 14.2 Å². The molecule has 3 rings (SSSR count). The van der Waals surface area contributed by atoms with Crippen LogP contribution in [0, 0.1) is 11.3 Å². The molecule has 5 nitrogen and oxygen atoms in total. The molecule has 1 spiro atoms. The molecule has 0 aromatic carbocycles. The lowest BCUT2D eigenvalue weighted by Crippen LogP contribution is -2.48. The molecule has 0 radical (unpaired) electrons. The summed E-state index contributed by atoms with van der Waals surface area (Å²) in [7, 11) is 1.56. The quantitative estimate of drug-likeness (QED) is 0.782. The zero-order valence-corrected chi connectivity index (χ0v) is 15.2. The Morgan fingerprint density at radius 3 is 2.46 bits per heavy atom. The molecule has 1 N–H and O–H groups in total. The van der Waals surface area contributed by atoms with Gasteiger partial charge in [-0.1, -0.05) is 6.42 Å². The number of Topliss-reactive ketones (excluding diaryl/α,β-unsaturated/α-hetero) is 1. The van der Waals surface area contributed by atoms with Gasteiger partial charge in [-0.05, 0) is 52.9 Å². The van der Waals surface area contributed by atoms with Crippen molar-refractivity contribution in [1.82, 2.24) is 0 Å². The van der Waals surface area contributed by atoms with Gasteiger partial charge in [0.25, 0.3) is 0 Å². The molecular weight excluding hydrogens is 308 g/mol. The van der Waals surface area contributed by atoms with Crippen molar-refractivity contribution in [2.75, 3.05) is 7.11 Å². The van der Waals surface area contributed by atoms with Gasteiger partial charge in [-0.25, -0.2) is 0 Å². The standard InChI is InChI=1S/C19H28O5/c1-11(2)23-15-16(20)18-8-6-7-13(18)9-14(10-22-5)19(18,21)17(15)24-12(3)4/h10-13,21H,6-9H2,1-5H3/b14-10+/t13-,18-,19-/m1/s1. The molecule has 24 heavy (non-hydrogen) atoms. The predicted molar refractivity (Wildman–Crippen MR) is 88.9 cm³/mol. The number of ketones is 1. The van der Waals surface area contributed by atoms with Crippen LogP contribution in [0.25, 0.3) is 0 Å². The Labute approximate surface area is 143 Å². The minimum absolute atomic E-state index is 0.101. The first kappa shape index (κ1) is 17.3. The largest absolute Gasteiger partial charge is 0.504 e. The van der Waals surface area contributed by atoms with Gasteiger partial charge in [-0.3, -0.25) is 4.79 Å². The molecule has 134 valence electrons. The van der Waals surface area contributed by atoms with Crippen molar-refractivity contribution in [3.8, 4) is 0 Å². The van der Waals surface area contributed by atoms with Crippen molar-refractivity contribution >= 4 is 5.78 Å². The Balaban J connectivity index is 2.20. The van der Waals surface area contributed by atoms with Crippen LogP contribution < -0.4 is 0 Å². The molecule has 0 heterocycles. The van der Waals surface area contributed by atoms with Crippen LogP contribution in [0.2, 0.25) is 0 Å². The fourth-order valence-electron chi connectivity index (χ4n) is 4.80. The summed E-state index contributed by atoms with van der Waals surface area (Å²) < 4.78 is 17.0. The average molecular weight is 336 g/mol. The summed E-state index contributed by atoms with van der Waals surface area (Å²) in [6.45, 7) is 7.53.